The molecular formula is C24H26ClFN4O3S. The number of sulfonamides is 1. The standard InChI is InChI=1S/C24H26ClFN4O3S/c1-2-34(32,33)30-11-5-6-18(16-30)24(31)28-27-13-19-15-29(23-8-4-3-7-21(19)23)14-17-9-10-20(26)12-22(17)25/h3-4,7-10,12-13,15,18H,2,5-6,11,14,16H2,1H3,(H,28,31)/b27-13-/t18-/m1/s1. The van der Waals surface area contributed by atoms with Crippen LogP contribution in [0.3, 0.4) is 0 Å². The van der Waals surface area contributed by atoms with Gasteiger partial charge in [0, 0.05) is 47.3 Å². The average Bonchev–Trinajstić information content (AvgIpc) is 3.18. The number of amides is 1. The fraction of sp³-hybridized carbons (Fsp3) is 0.333. The number of fused-ring (bicyclic) bond motifs is 1. The Bertz CT molecular complexity index is 1340. The van der Waals surface area contributed by atoms with Gasteiger partial charge in [-0.25, -0.2) is 22.5 Å². The molecule has 1 aliphatic rings. The zero-order chi connectivity index (χ0) is 24.3. The molecule has 0 unspecified atom stereocenters. The number of para-hydroxylation sites is 1. The van der Waals surface area contributed by atoms with Gasteiger partial charge in [-0.2, -0.15) is 5.10 Å². The molecule has 1 aromatic heterocycles. The topological polar surface area (TPSA) is 83.8 Å². The number of hydrazone groups is 1. The van der Waals surface area contributed by atoms with E-state index in [0.717, 1.165) is 22.0 Å². The van der Waals surface area contributed by atoms with Crippen LogP contribution >= 0.6 is 11.6 Å². The van der Waals surface area contributed by atoms with Crippen LogP contribution in [-0.4, -0.2) is 48.3 Å². The Morgan fingerprint density at radius 3 is 2.85 bits per heavy atom. The van der Waals surface area contributed by atoms with Crippen LogP contribution in [-0.2, 0) is 21.4 Å². The SMILES string of the molecule is CCS(=O)(=O)N1CCC[C@@H](C(=O)N/N=C\c2cn(Cc3ccc(F)cc3Cl)c3ccccc23)C1. The molecular weight excluding hydrogens is 479 g/mol. The Balaban J connectivity index is 1.49. The number of benzene rings is 2. The lowest BCUT2D eigenvalue weighted by Crippen LogP contribution is -2.45. The molecule has 34 heavy (non-hydrogen) atoms. The summed E-state index contributed by atoms with van der Waals surface area (Å²) in [6.07, 6.45) is 4.73. The van der Waals surface area contributed by atoms with Crippen molar-refractivity contribution in [3.8, 4) is 0 Å². The molecule has 180 valence electrons. The third-order valence-electron chi connectivity index (χ3n) is 6.07. The van der Waals surface area contributed by atoms with Crippen molar-refractivity contribution in [1.82, 2.24) is 14.3 Å². The average molecular weight is 505 g/mol. The number of aromatic nitrogens is 1. The number of hydrogen-bond donors (Lipinski definition) is 1. The molecule has 1 amide bonds. The second-order valence-electron chi connectivity index (χ2n) is 8.30. The van der Waals surface area contributed by atoms with Crippen LogP contribution in [0, 0.1) is 11.7 Å². The van der Waals surface area contributed by atoms with Crippen LogP contribution in [0.1, 0.15) is 30.9 Å². The number of rotatable bonds is 7. The van der Waals surface area contributed by atoms with Gasteiger partial charge in [0.15, 0.2) is 0 Å². The molecule has 10 heteroatoms. The molecule has 1 N–H and O–H groups in total. The summed E-state index contributed by atoms with van der Waals surface area (Å²) in [5, 5.41) is 5.44. The zero-order valence-corrected chi connectivity index (χ0v) is 20.3. The predicted octanol–water partition coefficient (Wildman–Crippen LogP) is 3.99. The van der Waals surface area contributed by atoms with E-state index in [-0.39, 0.29) is 24.0 Å². The molecule has 1 saturated heterocycles. The highest BCUT2D eigenvalue weighted by Gasteiger charge is 2.31. The Morgan fingerprint density at radius 2 is 2.09 bits per heavy atom. The maximum atomic E-state index is 13.4. The highest BCUT2D eigenvalue weighted by molar-refractivity contribution is 7.89. The lowest BCUT2D eigenvalue weighted by atomic mass is 9.99. The molecule has 2 heterocycles. The van der Waals surface area contributed by atoms with Crippen molar-refractivity contribution in [3.05, 3.63) is 70.6 Å². The molecule has 0 bridgehead atoms. The first-order chi connectivity index (χ1) is 16.3. The fourth-order valence-corrected chi connectivity index (χ4v) is 5.60. The number of piperidine rings is 1. The minimum Gasteiger partial charge on any atom is -0.342 e. The number of halogens is 2. The van der Waals surface area contributed by atoms with E-state index in [4.69, 9.17) is 11.6 Å². The van der Waals surface area contributed by atoms with E-state index in [1.54, 1.807) is 19.2 Å². The van der Waals surface area contributed by atoms with Crippen molar-refractivity contribution in [3.63, 3.8) is 0 Å². The highest BCUT2D eigenvalue weighted by atomic mass is 35.5. The molecule has 0 spiro atoms. The second kappa shape index (κ2) is 10.2. The third-order valence-corrected chi connectivity index (χ3v) is 8.27. The molecule has 0 saturated carbocycles. The largest absolute Gasteiger partial charge is 0.342 e. The predicted molar refractivity (Wildman–Crippen MR) is 132 cm³/mol. The molecule has 1 fully saturated rings. The van der Waals surface area contributed by atoms with Crippen LogP contribution in [0.25, 0.3) is 10.9 Å². The molecule has 2 aromatic carbocycles. The van der Waals surface area contributed by atoms with E-state index < -0.39 is 15.9 Å². The number of hydrogen-bond acceptors (Lipinski definition) is 4. The summed E-state index contributed by atoms with van der Waals surface area (Å²) in [6, 6.07) is 12.1. The summed E-state index contributed by atoms with van der Waals surface area (Å²) in [6.45, 7) is 2.67. The molecule has 4 rings (SSSR count). The van der Waals surface area contributed by atoms with Crippen LogP contribution < -0.4 is 5.43 Å². The van der Waals surface area contributed by atoms with Gasteiger partial charge in [-0.05, 0) is 43.5 Å². The van der Waals surface area contributed by atoms with Crippen molar-refractivity contribution in [2.75, 3.05) is 18.8 Å². The molecule has 3 aromatic rings. The van der Waals surface area contributed by atoms with Gasteiger partial charge in [-0.3, -0.25) is 4.79 Å². The number of carbonyl (C=O) groups is 1. The van der Waals surface area contributed by atoms with Crippen molar-refractivity contribution in [1.29, 1.82) is 0 Å². The summed E-state index contributed by atoms with van der Waals surface area (Å²) >= 11 is 6.21. The van der Waals surface area contributed by atoms with Gasteiger partial charge in [0.2, 0.25) is 15.9 Å². The first kappa shape index (κ1) is 24.4. The van der Waals surface area contributed by atoms with Crippen LogP contribution in [0.5, 0.6) is 0 Å². The van der Waals surface area contributed by atoms with Gasteiger partial charge < -0.3 is 4.57 Å². The van der Waals surface area contributed by atoms with E-state index in [0.29, 0.717) is 31.0 Å². The summed E-state index contributed by atoms with van der Waals surface area (Å²) in [5.74, 6) is -1.10. The van der Waals surface area contributed by atoms with Gasteiger partial charge in [-0.15, -0.1) is 0 Å². The minimum atomic E-state index is -3.32. The quantitative estimate of drug-likeness (QED) is 0.390. The van der Waals surface area contributed by atoms with Gasteiger partial charge in [0.1, 0.15) is 5.82 Å². The molecule has 0 radical (unpaired) electrons. The van der Waals surface area contributed by atoms with E-state index in [1.165, 1.54) is 16.4 Å². The normalized spacial score (nSPS) is 17.4. The van der Waals surface area contributed by atoms with Crippen LogP contribution in [0.15, 0.2) is 53.8 Å². The van der Waals surface area contributed by atoms with E-state index in [9.17, 15) is 17.6 Å². The molecule has 7 nitrogen and oxygen atoms in total. The van der Waals surface area contributed by atoms with Gasteiger partial charge in [0.25, 0.3) is 0 Å². The monoisotopic (exact) mass is 504 g/mol. The Morgan fingerprint density at radius 1 is 1.29 bits per heavy atom. The van der Waals surface area contributed by atoms with Crippen molar-refractivity contribution < 1.29 is 17.6 Å². The number of nitrogens with zero attached hydrogens (tertiary/aromatic N) is 3. The molecule has 1 atom stereocenters. The smallest absolute Gasteiger partial charge is 0.244 e. The summed E-state index contributed by atoms with van der Waals surface area (Å²) in [7, 11) is -3.32. The minimum absolute atomic E-state index is 0.0205. The van der Waals surface area contributed by atoms with E-state index in [2.05, 4.69) is 10.5 Å². The van der Waals surface area contributed by atoms with Crippen molar-refractivity contribution in [2.24, 2.45) is 11.0 Å². The summed E-state index contributed by atoms with van der Waals surface area (Å²) in [5.41, 5.74) is 5.10. The van der Waals surface area contributed by atoms with Crippen LogP contribution in [0.2, 0.25) is 5.02 Å². The zero-order valence-electron chi connectivity index (χ0n) is 18.7. The first-order valence-electron chi connectivity index (χ1n) is 11.1. The first-order valence-corrected chi connectivity index (χ1v) is 13.1. The second-order valence-corrected chi connectivity index (χ2v) is 11.0. The Labute approximate surface area is 203 Å². The maximum Gasteiger partial charge on any atom is 0.244 e. The Hall–Kier alpha value is -2.75. The third kappa shape index (κ3) is 5.32. The van der Waals surface area contributed by atoms with Crippen molar-refractivity contribution >= 4 is 44.6 Å². The number of carbonyl (C=O) groups excluding carboxylic acids is 1. The number of nitrogens with one attached hydrogen (secondary N) is 1. The van der Waals surface area contributed by atoms with Gasteiger partial charge in [0.05, 0.1) is 17.9 Å². The Kier molecular flexibility index (Phi) is 7.35. The summed E-state index contributed by atoms with van der Waals surface area (Å²) < 4.78 is 41.1. The highest BCUT2D eigenvalue weighted by Crippen LogP contribution is 2.24. The van der Waals surface area contributed by atoms with E-state index >= 15 is 0 Å². The molecule has 0 aliphatic carbocycles. The lowest BCUT2D eigenvalue weighted by molar-refractivity contribution is -0.126. The van der Waals surface area contributed by atoms with E-state index in [1.807, 2.05) is 35.0 Å². The van der Waals surface area contributed by atoms with Crippen molar-refractivity contribution in [2.45, 2.75) is 26.3 Å². The molecule has 1 aliphatic heterocycles. The fourth-order valence-electron chi connectivity index (χ4n) is 4.19. The van der Waals surface area contributed by atoms with Gasteiger partial charge in [-0.1, -0.05) is 35.9 Å². The van der Waals surface area contributed by atoms with Crippen LogP contribution in [0.4, 0.5) is 4.39 Å². The maximum absolute atomic E-state index is 13.4. The summed E-state index contributed by atoms with van der Waals surface area (Å²) in [4.78, 5) is 12.6. The van der Waals surface area contributed by atoms with Gasteiger partial charge >= 0.3 is 0 Å². The lowest BCUT2D eigenvalue weighted by Gasteiger charge is -2.30.